The Morgan fingerprint density at radius 3 is 2.62 bits per heavy atom. The maximum Gasteiger partial charge on any atom is 0.271 e. The topological polar surface area (TPSA) is 67.2 Å². The van der Waals surface area contributed by atoms with Gasteiger partial charge in [0.25, 0.3) is 5.91 Å². The zero-order valence-electron chi connectivity index (χ0n) is 17.9. The van der Waals surface area contributed by atoms with Gasteiger partial charge in [-0.25, -0.2) is 9.37 Å². The van der Waals surface area contributed by atoms with Crippen LogP contribution in [0.2, 0.25) is 0 Å². The van der Waals surface area contributed by atoms with Crippen molar-refractivity contribution < 1.29 is 14.0 Å². The molecule has 3 aromatic rings. The van der Waals surface area contributed by atoms with Gasteiger partial charge in [-0.1, -0.05) is 42.5 Å². The van der Waals surface area contributed by atoms with Crippen LogP contribution in [0.5, 0.6) is 0 Å². The van der Waals surface area contributed by atoms with Crippen molar-refractivity contribution in [3.05, 3.63) is 77.4 Å². The van der Waals surface area contributed by atoms with Crippen LogP contribution < -0.4 is 5.32 Å². The van der Waals surface area contributed by atoms with Gasteiger partial charge >= 0.3 is 0 Å². The maximum absolute atomic E-state index is 13.6. The van der Waals surface area contributed by atoms with Gasteiger partial charge < -0.3 is 14.8 Å². The third-order valence-corrected chi connectivity index (χ3v) is 6.52. The average Bonchev–Trinajstić information content (AvgIpc) is 3.30. The Hall–Kier alpha value is -3.48. The van der Waals surface area contributed by atoms with Crippen molar-refractivity contribution in [1.82, 2.24) is 19.8 Å². The van der Waals surface area contributed by atoms with E-state index in [0.29, 0.717) is 24.2 Å². The summed E-state index contributed by atoms with van der Waals surface area (Å²) in [6.45, 7) is 0.592. The second kappa shape index (κ2) is 8.22. The number of imidazole rings is 1. The number of aromatic nitrogens is 2. The van der Waals surface area contributed by atoms with Gasteiger partial charge in [-0.2, -0.15) is 0 Å². The maximum atomic E-state index is 13.6. The van der Waals surface area contributed by atoms with Crippen molar-refractivity contribution in [2.45, 2.75) is 44.3 Å². The SMILES string of the molecule is CNC(=O)c1nc(-c2ccccc2)n2c1C[C@@H]1CC[C@H](C2)N1C(=O)Cc1cccc(F)c1. The van der Waals surface area contributed by atoms with Crippen LogP contribution in [-0.2, 0) is 24.2 Å². The Labute approximate surface area is 186 Å². The first-order chi connectivity index (χ1) is 15.5. The van der Waals surface area contributed by atoms with Crippen LogP contribution in [0.25, 0.3) is 11.4 Å². The number of carbonyl (C=O) groups excluding carboxylic acids is 2. The summed E-state index contributed by atoms with van der Waals surface area (Å²) in [5, 5.41) is 2.70. The van der Waals surface area contributed by atoms with Gasteiger partial charge in [0.05, 0.1) is 18.2 Å². The third-order valence-electron chi connectivity index (χ3n) is 6.52. The van der Waals surface area contributed by atoms with Crippen molar-refractivity contribution in [3.8, 4) is 11.4 Å². The third kappa shape index (κ3) is 3.57. The van der Waals surface area contributed by atoms with E-state index < -0.39 is 0 Å². The quantitative estimate of drug-likeness (QED) is 0.689. The summed E-state index contributed by atoms with van der Waals surface area (Å²) in [6.07, 6.45) is 2.54. The summed E-state index contributed by atoms with van der Waals surface area (Å²) < 4.78 is 15.7. The summed E-state index contributed by atoms with van der Waals surface area (Å²) in [5.74, 6) is 0.207. The van der Waals surface area contributed by atoms with Gasteiger partial charge in [0, 0.05) is 31.6 Å². The smallest absolute Gasteiger partial charge is 0.271 e. The second-order valence-electron chi connectivity index (χ2n) is 8.48. The van der Waals surface area contributed by atoms with E-state index in [1.807, 2.05) is 35.2 Å². The van der Waals surface area contributed by atoms with Crippen molar-refractivity contribution in [1.29, 1.82) is 0 Å². The molecule has 6 nitrogen and oxygen atoms in total. The molecule has 2 aromatic carbocycles. The van der Waals surface area contributed by atoms with E-state index >= 15 is 0 Å². The molecular formula is C25H25FN4O2. The van der Waals surface area contributed by atoms with E-state index in [1.165, 1.54) is 12.1 Å². The second-order valence-corrected chi connectivity index (χ2v) is 8.48. The van der Waals surface area contributed by atoms with Gasteiger partial charge in [-0.15, -0.1) is 0 Å². The lowest BCUT2D eigenvalue weighted by Crippen LogP contribution is -2.43. The molecule has 1 saturated heterocycles. The number of rotatable bonds is 4. The summed E-state index contributed by atoms with van der Waals surface area (Å²) in [6, 6.07) is 16.1. The number of halogens is 1. The van der Waals surface area contributed by atoms with Gasteiger partial charge in [0.2, 0.25) is 5.91 Å². The number of fused-ring (bicyclic) bond motifs is 3. The molecule has 32 heavy (non-hydrogen) atoms. The Kier molecular flexibility index (Phi) is 5.25. The predicted molar refractivity (Wildman–Crippen MR) is 119 cm³/mol. The average molecular weight is 432 g/mol. The minimum atomic E-state index is -0.334. The van der Waals surface area contributed by atoms with Crippen molar-refractivity contribution >= 4 is 11.8 Å². The van der Waals surface area contributed by atoms with Crippen LogP contribution in [0.1, 0.15) is 34.6 Å². The Balaban J connectivity index is 1.50. The molecule has 1 N–H and O–H groups in total. The molecule has 0 unspecified atom stereocenters. The van der Waals surface area contributed by atoms with Crippen LogP contribution in [0.4, 0.5) is 4.39 Å². The van der Waals surface area contributed by atoms with E-state index in [4.69, 9.17) is 4.98 Å². The van der Waals surface area contributed by atoms with Crippen LogP contribution >= 0.6 is 0 Å². The summed E-state index contributed by atoms with van der Waals surface area (Å²) in [4.78, 5) is 32.6. The van der Waals surface area contributed by atoms with Gasteiger partial charge in [0.15, 0.2) is 0 Å². The lowest BCUT2D eigenvalue weighted by Gasteiger charge is -2.28. The lowest BCUT2D eigenvalue weighted by molar-refractivity contribution is -0.133. The molecule has 0 spiro atoms. The van der Waals surface area contributed by atoms with E-state index in [2.05, 4.69) is 9.88 Å². The molecule has 5 rings (SSSR count). The largest absolute Gasteiger partial charge is 0.354 e. The molecule has 2 bridgehead atoms. The highest BCUT2D eigenvalue weighted by molar-refractivity contribution is 5.94. The lowest BCUT2D eigenvalue weighted by atomic mass is 10.0. The van der Waals surface area contributed by atoms with E-state index in [9.17, 15) is 14.0 Å². The highest BCUT2D eigenvalue weighted by atomic mass is 19.1. The molecule has 2 atom stereocenters. The minimum absolute atomic E-state index is 0.00423. The normalized spacial score (nSPS) is 19.4. The van der Waals surface area contributed by atoms with Crippen LogP contribution in [0.15, 0.2) is 54.6 Å². The van der Waals surface area contributed by atoms with Gasteiger partial charge in [-0.3, -0.25) is 9.59 Å². The number of amides is 2. The van der Waals surface area contributed by atoms with Crippen LogP contribution in [0, 0.1) is 5.82 Å². The van der Waals surface area contributed by atoms with E-state index in [0.717, 1.165) is 29.9 Å². The predicted octanol–water partition coefficient (Wildman–Crippen LogP) is 3.21. The number of carbonyl (C=O) groups is 2. The zero-order chi connectivity index (χ0) is 22.2. The van der Waals surface area contributed by atoms with Crippen LogP contribution in [0.3, 0.4) is 0 Å². The molecule has 2 aliphatic rings. The number of nitrogens with one attached hydrogen (secondary N) is 1. The first-order valence-corrected chi connectivity index (χ1v) is 11.0. The molecule has 0 aliphatic carbocycles. The molecule has 3 heterocycles. The highest BCUT2D eigenvalue weighted by Crippen LogP contribution is 2.36. The minimum Gasteiger partial charge on any atom is -0.354 e. The standard InChI is InChI=1S/C25H25FN4O2/c1-27-25(32)23-21-14-19-10-11-20(15-29(21)24(28-23)17-7-3-2-4-8-17)30(19)22(31)13-16-6-5-9-18(26)12-16/h2-9,12,19-20H,10-11,13-15H2,1H3,(H,27,32)/t19-,20+/m0/s1. The Morgan fingerprint density at radius 2 is 1.88 bits per heavy atom. The Bertz CT molecular complexity index is 1170. The fourth-order valence-electron chi connectivity index (χ4n) is 5.09. The zero-order valence-corrected chi connectivity index (χ0v) is 17.9. The molecule has 0 saturated carbocycles. The summed E-state index contributed by atoms with van der Waals surface area (Å²) in [5.41, 5.74) is 2.92. The number of hydrogen-bond donors (Lipinski definition) is 1. The van der Waals surface area contributed by atoms with Crippen LogP contribution in [-0.4, -0.2) is 45.4 Å². The molecule has 7 heteroatoms. The fraction of sp³-hybridized carbons (Fsp3) is 0.320. The number of benzene rings is 2. The molecule has 2 amide bonds. The summed E-state index contributed by atoms with van der Waals surface area (Å²) in [7, 11) is 1.61. The number of hydrogen-bond acceptors (Lipinski definition) is 3. The highest BCUT2D eigenvalue weighted by Gasteiger charge is 2.42. The molecular weight excluding hydrogens is 407 g/mol. The first kappa shape index (κ1) is 20.4. The van der Waals surface area contributed by atoms with Crippen molar-refractivity contribution in [2.24, 2.45) is 0 Å². The van der Waals surface area contributed by atoms with Gasteiger partial charge in [-0.05, 0) is 30.5 Å². The van der Waals surface area contributed by atoms with Gasteiger partial charge in [0.1, 0.15) is 17.3 Å². The molecule has 1 aromatic heterocycles. The molecule has 0 radical (unpaired) electrons. The molecule has 2 aliphatic heterocycles. The van der Waals surface area contributed by atoms with Crippen molar-refractivity contribution in [2.75, 3.05) is 7.05 Å². The number of nitrogens with zero attached hydrogens (tertiary/aromatic N) is 3. The Morgan fingerprint density at radius 1 is 1.09 bits per heavy atom. The monoisotopic (exact) mass is 432 g/mol. The van der Waals surface area contributed by atoms with E-state index in [-0.39, 0.29) is 36.1 Å². The molecule has 1 fully saturated rings. The fourth-order valence-corrected chi connectivity index (χ4v) is 5.09. The summed E-state index contributed by atoms with van der Waals surface area (Å²) >= 11 is 0. The van der Waals surface area contributed by atoms with E-state index in [1.54, 1.807) is 19.2 Å². The first-order valence-electron chi connectivity index (χ1n) is 11.0. The molecule has 164 valence electrons. The van der Waals surface area contributed by atoms with Crippen molar-refractivity contribution in [3.63, 3.8) is 0 Å².